The molecule has 2 aromatic carbocycles. The molecule has 0 spiro atoms. The highest BCUT2D eigenvalue weighted by molar-refractivity contribution is 5.30. The van der Waals surface area contributed by atoms with Crippen molar-refractivity contribution in [1.29, 1.82) is 0 Å². The number of fused-ring (bicyclic) bond motifs is 1. The largest absolute Gasteiger partial charge is 0.292 e. The van der Waals surface area contributed by atoms with Gasteiger partial charge in [-0.05, 0) is 30.0 Å². The maximum atomic E-state index is 2.57. The van der Waals surface area contributed by atoms with Gasteiger partial charge in [-0.3, -0.25) is 4.90 Å². The quantitative estimate of drug-likeness (QED) is 0.788. The summed E-state index contributed by atoms with van der Waals surface area (Å²) in [5.74, 6) is 0. The van der Waals surface area contributed by atoms with Gasteiger partial charge in [0.05, 0.1) is 0 Å². The van der Waals surface area contributed by atoms with E-state index in [0.717, 1.165) is 19.5 Å². The van der Waals surface area contributed by atoms with Crippen molar-refractivity contribution in [3.63, 3.8) is 0 Å². The van der Waals surface area contributed by atoms with Crippen molar-refractivity contribution in [1.82, 2.24) is 4.90 Å². The molecule has 1 nitrogen and oxygen atoms in total. The smallest absolute Gasteiger partial charge is 0.0243 e. The molecular weight excluding hydrogens is 218 g/mol. The van der Waals surface area contributed by atoms with E-state index in [9.17, 15) is 0 Å². The molecule has 3 rings (SSSR count). The Morgan fingerprint density at radius 3 is 2.06 bits per heavy atom. The van der Waals surface area contributed by atoms with Gasteiger partial charge in [-0.1, -0.05) is 54.6 Å². The molecule has 2 aromatic rings. The summed E-state index contributed by atoms with van der Waals surface area (Å²) in [6.07, 6.45) is 1.13. The molecule has 0 fully saturated rings. The van der Waals surface area contributed by atoms with Crippen LogP contribution in [0.2, 0.25) is 0 Å². The SMILES string of the molecule is C[C@@H](Cc1ccccc1)N1Cc2ccccc2C1. The van der Waals surface area contributed by atoms with Gasteiger partial charge in [0.1, 0.15) is 0 Å². The average molecular weight is 237 g/mol. The van der Waals surface area contributed by atoms with E-state index in [0.29, 0.717) is 6.04 Å². The number of hydrogen-bond donors (Lipinski definition) is 0. The normalized spacial score (nSPS) is 16.5. The van der Waals surface area contributed by atoms with Gasteiger partial charge in [0.15, 0.2) is 0 Å². The van der Waals surface area contributed by atoms with Crippen molar-refractivity contribution in [2.45, 2.75) is 32.5 Å². The zero-order valence-electron chi connectivity index (χ0n) is 10.8. The Hall–Kier alpha value is -1.60. The summed E-state index contributed by atoms with van der Waals surface area (Å²) >= 11 is 0. The first-order valence-electron chi connectivity index (χ1n) is 6.67. The second-order valence-electron chi connectivity index (χ2n) is 5.21. The monoisotopic (exact) mass is 237 g/mol. The predicted molar refractivity (Wildman–Crippen MR) is 75.3 cm³/mol. The second-order valence-corrected chi connectivity index (χ2v) is 5.21. The van der Waals surface area contributed by atoms with Gasteiger partial charge in [0.2, 0.25) is 0 Å². The highest BCUT2D eigenvalue weighted by Gasteiger charge is 2.22. The third-order valence-corrected chi connectivity index (χ3v) is 3.86. The molecule has 18 heavy (non-hydrogen) atoms. The van der Waals surface area contributed by atoms with E-state index in [2.05, 4.69) is 66.4 Å². The molecule has 0 saturated heterocycles. The number of rotatable bonds is 3. The van der Waals surface area contributed by atoms with Crippen LogP contribution in [0.15, 0.2) is 54.6 Å². The van der Waals surface area contributed by atoms with Crippen LogP contribution in [-0.4, -0.2) is 10.9 Å². The van der Waals surface area contributed by atoms with Crippen LogP contribution in [0.25, 0.3) is 0 Å². The Morgan fingerprint density at radius 1 is 0.889 bits per heavy atom. The number of benzene rings is 2. The lowest BCUT2D eigenvalue weighted by atomic mass is 10.1. The molecule has 1 heteroatoms. The molecule has 1 atom stereocenters. The predicted octanol–water partition coefficient (Wildman–Crippen LogP) is 3.63. The second kappa shape index (κ2) is 4.95. The molecule has 0 amide bonds. The number of nitrogens with zero attached hydrogens (tertiary/aromatic N) is 1. The Labute approximate surface area is 109 Å². The first-order chi connectivity index (χ1) is 8.83. The van der Waals surface area contributed by atoms with Crippen LogP contribution in [0.1, 0.15) is 23.6 Å². The van der Waals surface area contributed by atoms with Crippen molar-refractivity contribution >= 4 is 0 Å². The minimum atomic E-state index is 0.597. The van der Waals surface area contributed by atoms with E-state index in [-0.39, 0.29) is 0 Å². The van der Waals surface area contributed by atoms with E-state index < -0.39 is 0 Å². The van der Waals surface area contributed by atoms with Gasteiger partial charge in [0, 0.05) is 19.1 Å². The van der Waals surface area contributed by atoms with Gasteiger partial charge in [-0.25, -0.2) is 0 Å². The van der Waals surface area contributed by atoms with E-state index >= 15 is 0 Å². The minimum Gasteiger partial charge on any atom is -0.292 e. The van der Waals surface area contributed by atoms with Crippen LogP contribution in [0.5, 0.6) is 0 Å². The molecule has 1 aliphatic rings. The first-order valence-corrected chi connectivity index (χ1v) is 6.67. The van der Waals surface area contributed by atoms with Crippen molar-refractivity contribution in [2.75, 3.05) is 0 Å². The van der Waals surface area contributed by atoms with Crippen LogP contribution in [0.3, 0.4) is 0 Å². The molecular formula is C17H19N. The average Bonchev–Trinajstić information content (AvgIpc) is 2.84. The van der Waals surface area contributed by atoms with Gasteiger partial charge in [-0.2, -0.15) is 0 Å². The third kappa shape index (κ3) is 2.32. The zero-order chi connectivity index (χ0) is 12.4. The maximum Gasteiger partial charge on any atom is 0.0243 e. The molecule has 0 bridgehead atoms. The van der Waals surface area contributed by atoms with Crippen molar-refractivity contribution in [3.8, 4) is 0 Å². The summed E-state index contributed by atoms with van der Waals surface area (Å²) in [5, 5.41) is 0. The standard InChI is InChI=1S/C17H19N/c1-14(11-15-7-3-2-4-8-15)18-12-16-9-5-6-10-17(16)13-18/h2-10,14H,11-13H2,1H3/t14-/m0/s1. The Kier molecular flexibility index (Phi) is 3.16. The summed E-state index contributed by atoms with van der Waals surface area (Å²) < 4.78 is 0. The summed E-state index contributed by atoms with van der Waals surface area (Å²) in [6.45, 7) is 4.53. The van der Waals surface area contributed by atoms with Gasteiger partial charge in [-0.15, -0.1) is 0 Å². The fraction of sp³-hybridized carbons (Fsp3) is 0.294. The van der Waals surface area contributed by atoms with E-state index in [1.165, 1.54) is 16.7 Å². The lowest BCUT2D eigenvalue weighted by Gasteiger charge is -2.23. The van der Waals surface area contributed by atoms with Crippen molar-refractivity contribution in [2.24, 2.45) is 0 Å². The van der Waals surface area contributed by atoms with Crippen LogP contribution in [0.4, 0.5) is 0 Å². The molecule has 0 aromatic heterocycles. The molecule has 92 valence electrons. The molecule has 0 aliphatic carbocycles. The highest BCUT2D eigenvalue weighted by Crippen LogP contribution is 2.25. The minimum absolute atomic E-state index is 0.597. The fourth-order valence-electron chi connectivity index (χ4n) is 2.76. The molecule has 0 unspecified atom stereocenters. The fourth-order valence-corrected chi connectivity index (χ4v) is 2.76. The summed E-state index contributed by atoms with van der Waals surface area (Å²) in [7, 11) is 0. The Balaban J connectivity index is 1.67. The zero-order valence-corrected chi connectivity index (χ0v) is 10.8. The lowest BCUT2D eigenvalue weighted by Crippen LogP contribution is -2.29. The van der Waals surface area contributed by atoms with Gasteiger partial charge in [0.25, 0.3) is 0 Å². The van der Waals surface area contributed by atoms with Crippen LogP contribution in [0, 0.1) is 0 Å². The van der Waals surface area contributed by atoms with Gasteiger partial charge >= 0.3 is 0 Å². The molecule has 1 heterocycles. The van der Waals surface area contributed by atoms with Crippen molar-refractivity contribution in [3.05, 3.63) is 71.3 Å². The topological polar surface area (TPSA) is 3.24 Å². The molecule has 0 saturated carbocycles. The van der Waals surface area contributed by atoms with E-state index in [1.807, 2.05) is 0 Å². The Bertz CT molecular complexity index is 493. The first kappa shape index (κ1) is 11.5. The summed E-state index contributed by atoms with van der Waals surface area (Å²) in [6, 6.07) is 20.2. The van der Waals surface area contributed by atoms with Crippen LogP contribution < -0.4 is 0 Å². The highest BCUT2D eigenvalue weighted by atomic mass is 15.2. The third-order valence-electron chi connectivity index (χ3n) is 3.86. The van der Waals surface area contributed by atoms with E-state index in [1.54, 1.807) is 0 Å². The van der Waals surface area contributed by atoms with E-state index in [4.69, 9.17) is 0 Å². The van der Waals surface area contributed by atoms with Gasteiger partial charge < -0.3 is 0 Å². The lowest BCUT2D eigenvalue weighted by molar-refractivity contribution is 0.211. The summed E-state index contributed by atoms with van der Waals surface area (Å²) in [5.41, 5.74) is 4.43. The number of hydrogen-bond acceptors (Lipinski definition) is 1. The molecule has 0 radical (unpaired) electrons. The summed E-state index contributed by atoms with van der Waals surface area (Å²) in [4.78, 5) is 2.57. The Morgan fingerprint density at radius 2 is 1.44 bits per heavy atom. The molecule has 1 aliphatic heterocycles. The maximum absolute atomic E-state index is 2.57. The van der Waals surface area contributed by atoms with Crippen LogP contribution in [-0.2, 0) is 19.5 Å². The van der Waals surface area contributed by atoms with Crippen molar-refractivity contribution < 1.29 is 0 Å². The molecule has 0 N–H and O–H groups in total. The van der Waals surface area contributed by atoms with Crippen LogP contribution >= 0.6 is 0 Å².